The molecule has 0 spiro atoms. The minimum absolute atomic E-state index is 0.199. The van der Waals surface area contributed by atoms with E-state index in [0.29, 0.717) is 0 Å². The molecule has 11 aromatic carbocycles. The molecule has 2 heteroatoms. The molecular weight excluding hydrogens is 808 g/mol. The molecule has 2 aromatic heterocycles. The predicted octanol–water partition coefficient (Wildman–Crippen LogP) is 16.7. The Morgan fingerprint density at radius 2 is 0.717 bits per heavy atom. The van der Waals surface area contributed by atoms with Gasteiger partial charge in [0.1, 0.15) is 0 Å². The summed E-state index contributed by atoms with van der Waals surface area (Å²) >= 11 is 2.08. The molecule has 0 N–H and O–H groups in total. The first kappa shape index (κ1) is 34.1. The number of hydrogen-bond acceptors (Lipinski definition) is 1. The monoisotopic (exact) mass is 842 g/mol. The van der Waals surface area contributed by atoms with Crippen LogP contribution in [0.25, 0.3) is 127 Å². The zero-order chi connectivity index (χ0) is 39.3. The molecule has 278 valence electrons. The summed E-state index contributed by atoms with van der Waals surface area (Å²) in [6.07, 6.45) is 0. The molecule has 0 atom stereocenters. The Bertz CT molecular complexity index is 3770. The summed E-state index contributed by atoms with van der Waals surface area (Å²) < 4.78 is 5.57. The van der Waals surface area contributed by atoms with E-state index in [2.05, 4.69) is 206 Å². The number of rotatable bonds is 4. The van der Waals surface area contributed by atoms with Gasteiger partial charge in [-0.2, -0.15) is 0 Å². The Labute approximate surface area is 357 Å². The molecule has 60 heavy (non-hydrogen) atoms. The molecule has 0 bridgehead atoms. The normalized spacial score (nSPS) is 12.0. The quantitative estimate of drug-likeness (QED) is 0.122. The zero-order valence-electron chi connectivity index (χ0n) is 32.4. The molecule has 13 aromatic rings. The number of benzene rings is 11. The maximum atomic E-state index is 2.52. The van der Waals surface area contributed by atoms with Crippen LogP contribution in [0.5, 0.6) is 0 Å². The van der Waals surface area contributed by atoms with Crippen LogP contribution in [0.4, 0.5) is 0 Å². The first-order chi connectivity index (χ1) is 29.8. The minimum atomic E-state index is 0.199. The summed E-state index contributed by atoms with van der Waals surface area (Å²) in [6.45, 7) is 0. The Morgan fingerprint density at radius 3 is 1.30 bits per heavy atom. The molecule has 0 nitrogen and oxygen atoms in total. The van der Waals surface area contributed by atoms with E-state index in [9.17, 15) is 0 Å². The van der Waals surface area contributed by atoms with Crippen molar-refractivity contribution < 1.29 is 0 Å². The fraction of sp³-hybridized carbons (Fsp3) is 0. The van der Waals surface area contributed by atoms with Crippen LogP contribution in [0.2, 0.25) is 0 Å². The van der Waals surface area contributed by atoms with Crippen molar-refractivity contribution in [3.8, 4) is 44.5 Å². The number of hydrogen-bond donors (Lipinski definition) is 0. The standard InChI is InChI=1S/C58H34SSe/c1-2-15-35(16-3-1)54-39-18-4-6-20-41(39)56(42-21-7-5-19-40(42)54)37-30-32-52-49(34-37)58-47(26-14-28-53(58)60-52)57-45-24-10-8-22-43(45)55(44-23-9-11-25-46(44)57)36-29-31-51-48(33-36)38-17-12-13-27-50(38)59-51/h1-34H. The van der Waals surface area contributed by atoms with Crippen LogP contribution >= 0.6 is 11.3 Å². The molecule has 0 saturated heterocycles. The predicted molar refractivity (Wildman–Crippen MR) is 263 cm³/mol. The third kappa shape index (κ3) is 5.03. The van der Waals surface area contributed by atoms with Gasteiger partial charge >= 0.3 is 341 Å². The second-order valence-corrected chi connectivity index (χ2v) is 19.2. The first-order valence-electron chi connectivity index (χ1n) is 20.6. The van der Waals surface area contributed by atoms with E-state index < -0.39 is 0 Å². The van der Waals surface area contributed by atoms with Gasteiger partial charge in [-0.25, -0.2) is 0 Å². The number of thiophene rings is 1. The molecule has 2 heterocycles. The molecule has 13 rings (SSSR count). The van der Waals surface area contributed by atoms with Gasteiger partial charge in [-0.3, -0.25) is 0 Å². The Kier molecular flexibility index (Phi) is 7.59. The van der Waals surface area contributed by atoms with Gasteiger partial charge in [0.05, 0.1) is 0 Å². The van der Waals surface area contributed by atoms with E-state index in [0.717, 1.165) is 0 Å². The fourth-order valence-electron chi connectivity index (χ4n) is 10.2. The summed E-state index contributed by atoms with van der Waals surface area (Å²) in [5, 5.41) is 15.7. The first-order valence-corrected chi connectivity index (χ1v) is 23.1. The molecular formula is C58H34SSe. The van der Waals surface area contributed by atoms with Crippen LogP contribution < -0.4 is 0 Å². The fourth-order valence-corrected chi connectivity index (χ4v) is 13.6. The topological polar surface area (TPSA) is 0 Å². The Balaban J connectivity index is 1.08. The molecule has 0 fully saturated rings. The van der Waals surface area contributed by atoms with Gasteiger partial charge in [-0.15, -0.1) is 0 Å². The van der Waals surface area contributed by atoms with Crippen LogP contribution in [-0.4, -0.2) is 14.5 Å². The summed E-state index contributed by atoms with van der Waals surface area (Å²) in [5.41, 5.74) is 10.3. The van der Waals surface area contributed by atoms with Crippen LogP contribution in [0.15, 0.2) is 206 Å². The van der Waals surface area contributed by atoms with E-state index in [1.807, 2.05) is 11.3 Å². The number of fused-ring (bicyclic) bond motifs is 10. The van der Waals surface area contributed by atoms with Crippen molar-refractivity contribution in [2.75, 3.05) is 0 Å². The Hall–Kier alpha value is -6.80. The third-order valence-electron chi connectivity index (χ3n) is 12.6. The van der Waals surface area contributed by atoms with Crippen LogP contribution in [0.3, 0.4) is 0 Å². The van der Waals surface area contributed by atoms with E-state index in [4.69, 9.17) is 0 Å². The Morgan fingerprint density at radius 1 is 0.267 bits per heavy atom. The van der Waals surface area contributed by atoms with Gasteiger partial charge < -0.3 is 0 Å². The van der Waals surface area contributed by atoms with Crippen molar-refractivity contribution in [1.29, 1.82) is 0 Å². The van der Waals surface area contributed by atoms with Gasteiger partial charge in [0.25, 0.3) is 0 Å². The molecule has 0 saturated carbocycles. The average Bonchev–Trinajstić information content (AvgIpc) is 3.88. The SMILES string of the molecule is c1ccc(-c2c3ccccc3c(-c3ccc4[se]c5cccc(-c6c7ccccc7c(-c7ccc8sc9ccccc9c8c7)c7ccccc67)c5c4c3)c3ccccc23)cc1. The van der Waals surface area contributed by atoms with E-state index in [-0.39, 0.29) is 14.5 Å². The molecule has 0 radical (unpaired) electrons. The summed E-state index contributed by atoms with van der Waals surface area (Å²) in [6, 6.07) is 77.4. The van der Waals surface area contributed by atoms with Crippen molar-refractivity contribution in [2.45, 2.75) is 0 Å². The van der Waals surface area contributed by atoms with Crippen LogP contribution in [0, 0.1) is 0 Å². The summed E-state index contributed by atoms with van der Waals surface area (Å²) in [7, 11) is 0. The van der Waals surface area contributed by atoms with Crippen molar-refractivity contribution in [3.63, 3.8) is 0 Å². The van der Waals surface area contributed by atoms with Crippen molar-refractivity contribution >= 4 is 108 Å². The summed E-state index contributed by atoms with van der Waals surface area (Å²) in [4.78, 5) is 0. The van der Waals surface area contributed by atoms with Gasteiger partial charge in [0, 0.05) is 0 Å². The maximum absolute atomic E-state index is 2.52. The van der Waals surface area contributed by atoms with E-state index >= 15 is 0 Å². The van der Waals surface area contributed by atoms with Gasteiger partial charge in [-0.05, 0) is 6.07 Å². The van der Waals surface area contributed by atoms with Crippen molar-refractivity contribution in [2.24, 2.45) is 0 Å². The third-order valence-corrected chi connectivity index (χ3v) is 16.2. The van der Waals surface area contributed by atoms with Gasteiger partial charge in [0.2, 0.25) is 0 Å². The molecule has 0 aliphatic heterocycles. The molecule has 0 amide bonds. The van der Waals surface area contributed by atoms with E-state index in [1.54, 1.807) is 0 Å². The second kappa shape index (κ2) is 13.4. The van der Waals surface area contributed by atoms with Crippen LogP contribution in [0.1, 0.15) is 0 Å². The molecule has 0 aliphatic rings. The van der Waals surface area contributed by atoms with Crippen LogP contribution in [-0.2, 0) is 0 Å². The van der Waals surface area contributed by atoms with Gasteiger partial charge in [0.15, 0.2) is 0 Å². The van der Waals surface area contributed by atoms with Gasteiger partial charge in [-0.1, -0.05) is 12.1 Å². The second-order valence-electron chi connectivity index (χ2n) is 15.8. The zero-order valence-corrected chi connectivity index (χ0v) is 35.0. The average molecular weight is 842 g/mol. The van der Waals surface area contributed by atoms with E-state index in [1.165, 1.54) is 127 Å². The van der Waals surface area contributed by atoms with Crippen molar-refractivity contribution in [1.82, 2.24) is 0 Å². The van der Waals surface area contributed by atoms with Crippen molar-refractivity contribution in [3.05, 3.63) is 206 Å². The summed E-state index contributed by atoms with van der Waals surface area (Å²) in [5.74, 6) is 0. The molecule has 0 aliphatic carbocycles. The molecule has 0 unspecified atom stereocenters.